The Bertz CT molecular complexity index is 2740. The second kappa shape index (κ2) is 10.1. The van der Waals surface area contributed by atoms with Crippen molar-refractivity contribution >= 4 is 85.2 Å². The Morgan fingerprint density at radius 1 is 0.326 bits per heavy atom. The average Bonchev–Trinajstić information content (AvgIpc) is 3.70. The molecule has 0 amide bonds. The lowest BCUT2D eigenvalue weighted by molar-refractivity contribution is 1.69. The number of thiophene rings is 2. The zero-order valence-corrected chi connectivity index (χ0v) is 26.5. The molecule has 214 valence electrons. The zero-order valence-electron chi connectivity index (χ0n) is 24.8. The molecule has 0 radical (unpaired) electrons. The molecule has 0 atom stereocenters. The van der Waals surface area contributed by atoms with Gasteiger partial charge in [0, 0.05) is 35.8 Å². The lowest BCUT2D eigenvalue weighted by atomic mass is 9.84. The van der Waals surface area contributed by atoms with Crippen LogP contribution in [0.25, 0.3) is 96.0 Å². The fourth-order valence-corrected chi connectivity index (χ4v) is 9.56. The third-order valence-electron chi connectivity index (χ3n) is 9.53. The molecular formula is C44H26S2. The van der Waals surface area contributed by atoms with Crippen molar-refractivity contribution in [2.24, 2.45) is 0 Å². The maximum atomic E-state index is 2.44. The minimum atomic E-state index is 1.26. The minimum absolute atomic E-state index is 1.26. The molecule has 0 aliphatic carbocycles. The molecular weight excluding hydrogens is 593 g/mol. The Morgan fingerprint density at radius 2 is 0.935 bits per heavy atom. The van der Waals surface area contributed by atoms with E-state index in [0.29, 0.717) is 0 Å². The number of hydrogen-bond donors (Lipinski definition) is 0. The molecule has 2 heterocycles. The fourth-order valence-electron chi connectivity index (χ4n) is 7.47. The summed E-state index contributed by atoms with van der Waals surface area (Å²) in [6.45, 7) is 0. The van der Waals surface area contributed by atoms with E-state index in [1.54, 1.807) is 0 Å². The SMILES string of the molecule is c1ccc(-c2csc3cc4c(cc23)sc2ccc(-c3c5ccccc5c(-c5cccc6ccccc56)c5ccccc35)cc24)cc1. The molecule has 8 aromatic carbocycles. The second-order valence-corrected chi connectivity index (χ2v) is 14.0. The van der Waals surface area contributed by atoms with Gasteiger partial charge in [-0.15, -0.1) is 22.7 Å². The summed E-state index contributed by atoms with van der Waals surface area (Å²) in [5.74, 6) is 0. The lowest BCUT2D eigenvalue weighted by Gasteiger charge is -2.19. The average molecular weight is 619 g/mol. The molecule has 2 aromatic heterocycles. The van der Waals surface area contributed by atoms with E-state index in [-0.39, 0.29) is 0 Å². The highest BCUT2D eigenvalue weighted by atomic mass is 32.1. The van der Waals surface area contributed by atoms with Crippen molar-refractivity contribution in [2.75, 3.05) is 0 Å². The summed E-state index contributed by atoms with van der Waals surface area (Å²) in [7, 11) is 0. The van der Waals surface area contributed by atoms with Crippen LogP contribution in [0.15, 0.2) is 157 Å². The number of hydrogen-bond acceptors (Lipinski definition) is 2. The molecule has 0 saturated heterocycles. The molecule has 0 N–H and O–H groups in total. The van der Waals surface area contributed by atoms with Crippen LogP contribution >= 0.6 is 22.7 Å². The van der Waals surface area contributed by atoms with E-state index in [9.17, 15) is 0 Å². The van der Waals surface area contributed by atoms with E-state index in [1.807, 2.05) is 22.7 Å². The standard InChI is InChI=1S/C44H26S2/c1-2-11-28(12-3-1)39-26-45-41-24-37-36-23-29(21-22-40(36)46-42(37)25-38(39)41)43-32-16-6-8-18-34(32)44(35-19-9-7-17-33(35)43)31-20-10-14-27-13-4-5-15-30(27)31/h1-26H. The van der Waals surface area contributed by atoms with Gasteiger partial charge in [-0.1, -0.05) is 127 Å². The van der Waals surface area contributed by atoms with E-state index >= 15 is 0 Å². The van der Waals surface area contributed by atoms with Crippen LogP contribution in [-0.4, -0.2) is 0 Å². The zero-order chi connectivity index (χ0) is 30.2. The largest absolute Gasteiger partial charge is 0.143 e. The lowest BCUT2D eigenvalue weighted by Crippen LogP contribution is -1.91. The van der Waals surface area contributed by atoms with Crippen LogP contribution in [0.3, 0.4) is 0 Å². The van der Waals surface area contributed by atoms with Gasteiger partial charge < -0.3 is 0 Å². The maximum absolute atomic E-state index is 2.44. The van der Waals surface area contributed by atoms with Gasteiger partial charge in [0.15, 0.2) is 0 Å². The number of benzene rings is 8. The highest BCUT2D eigenvalue weighted by molar-refractivity contribution is 7.26. The topological polar surface area (TPSA) is 0 Å². The van der Waals surface area contributed by atoms with Crippen molar-refractivity contribution in [3.63, 3.8) is 0 Å². The van der Waals surface area contributed by atoms with Gasteiger partial charge in [-0.3, -0.25) is 0 Å². The highest BCUT2D eigenvalue weighted by Crippen LogP contribution is 2.47. The highest BCUT2D eigenvalue weighted by Gasteiger charge is 2.19. The quantitative estimate of drug-likeness (QED) is 0.173. The van der Waals surface area contributed by atoms with Crippen LogP contribution in [0.1, 0.15) is 0 Å². The molecule has 10 rings (SSSR count). The molecule has 0 aliphatic rings. The van der Waals surface area contributed by atoms with Crippen LogP contribution < -0.4 is 0 Å². The molecule has 0 fully saturated rings. The van der Waals surface area contributed by atoms with Crippen molar-refractivity contribution in [1.82, 2.24) is 0 Å². The third kappa shape index (κ3) is 3.84. The van der Waals surface area contributed by atoms with E-state index in [4.69, 9.17) is 0 Å². The molecule has 46 heavy (non-hydrogen) atoms. The first-order valence-electron chi connectivity index (χ1n) is 15.7. The van der Waals surface area contributed by atoms with Crippen molar-refractivity contribution in [3.8, 4) is 33.4 Å². The first-order valence-corrected chi connectivity index (χ1v) is 17.4. The Labute approximate surface area is 274 Å². The summed E-state index contributed by atoms with van der Waals surface area (Å²) >= 11 is 3.75. The number of rotatable bonds is 3. The summed E-state index contributed by atoms with van der Waals surface area (Å²) in [5.41, 5.74) is 7.77. The second-order valence-electron chi connectivity index (χ2n) is 12.0. The maximum Gasteiger partial charge on any atom is 0.0362 e. The summed E-state index contributed by atoms with van der Waals surface area (Å²) < 4.78 is 4.02. The van der Waals surface area contributed by atoms with Gasteiger partial charge in [0.1, 0.15) is 0 Å². The predicted octanol–water partition coefficient (Wildman–Crippen LogP) is 13.7. The van der Waals surface area contributed by atoms with Crippen LogP contribution in [0.5, 0.6) is 0 Å². The van der Waals surface area contributed by atoms with Crippen LogP contribution in [0.2, 0.25) is 0 Å². The summed E-state index contributed by atoms with van der Waals surface area (Å²) in [5, 5.41) is 14.0. The van der Waals surface area contributed by atoms with Gasteiger partial charge in [-0.05, 0) is 89.8 Å². The Kier molecular flexibility index (Phi) is 5.72. The van der Waals surface area contributed by atoms with Gasteiger partial charge in [0.05, 0.1) is 0 Å². The smallest absolute Gasteiger partial charge is 0.0362 e. The van der Waals surface area contributed by atoms with Gasteiger partial charge in [-0.25, -0.2) is 0 Å². The molecule has 0 nitrogen and oxygen atoms in total. The normalized spacial score (nSPS) is 11.9. The van der Waals surface area contributed by atoms with Crippen LogP contribution in [0.4, 0.5) is 0 Å². The Morgan fingerprint density at radius 3 is 1.70 bits per heavy atom. The van der Waals surface area contributed by atoms with Gasteiger partial charge >= 0.3 is 0 Å². The summed E-state index contributed by atoms with van der Waals surface area (Å²) in [6, 6.07) is 56.1. The third-order valence-corrected chi connectivity index (χ3v) is 11.6. The first-order chi connectivity index (χ1) is 22.8. The predicted molar refractivity (Wildman–Crippen MR) is 204 cm³/mol. The minimum Gasteiger partial charge on any atom is -0.143 e. The van der Waals surface area contributed by atoms with Gasteiger partial charge in [0.2, 0.25) is 0 Å². The molecule has 2 heteroatoms. The van der Waals surface area contributed by atoms with Crippen LogP contribution in [-0.2, 0) is 0 Å². The Hall–Kier alpha value is -5.28. The van der Waals surface area contributed by atoms with E-state index in [1.165, 1.54) is 96.0 Å². The molecule has 0 saturated carbocycles. The Balaban J connectivity index is 1.24. The molecule has 10 aromatic rings. The van der Waals surface area contributed by atoms with Crippen molar-refractivity contribution < 1.29 is 0 Å². The number of fused-ring (bicyclic) bond motifs is 7. The van der Waals surface area contributed by atoms with E-state index in [2.05, 4.69) is 157 Å². The molecule has 0 unspecified atom stereocenters. The summed E-state index contributed by atoms with van der Waals surface area (Å²) in [6.07, 6.45) is 0. The molecule has 0 spiro atoms. The monoisotopic (exact) mass is 618 g/mol. The summed E-state index contributed by atoms with van der Waals surface area (Å²) in [4.78, 5) is 0. The van der Waals surface area contributed by atoms with Crippen molar-refractivity contribution in [3.05, 3.63) is 157 Å². The van der Waals surface area contributed by atoms with Gasteiger partial charge in [0.25, 0.3) is 0 Å². The van der Waals surface area contributed by atoms with Gasteiger partial charge in [-0.2, -0.15) is 0 Å². The fraction of sp³-hybridized carbons (Fsp3) is 0. The van der Waals surface area contributed by atoms with E-state index < -0.39 is 0 Å². The van der Waals surface area contributed by atoms with Crippen LogP contribution in [0, 0.1) is 0 Å². The molecule has 0 bridgehead atoms. The van der Waals surface area contributed by atoms with Crippen molar-refractivity contribution in [2.45, 2.75) is 0 Å². The van der Waals surface area contributed by atoms with Crippen molar-refractivity contribution in [1.29, 1.82) is 0 Å². The van der Waals surface area contributed by atoms with E-state index in [0.717, 1.165) is 0 Å². The first kappa shape index (κ1) is 26.0. The molecule has 0 aliphatic heterocycles.